The second kappa shape index (κ2) is 6.48. The molecule has 0 aliphatic heterocycles. The molecule has 0 amide bonds. The van der Waals surface area contributed by atoms with Gasteiger partial charge in [-0.3, -0.25) is 0 Å². The molecule has 1 unspecified atom stereocenters. The van der Waals surface area contributed by atoms with Crippen LogP contribution in [0.3, 0.4) is 0 Å². The zero-order valence-electron chi connectivity index (χ0n) is 10.7. The van der Waals surface area contributed by atoms with Gasteiger partial charge in [0.2, 0.25) is 0 Å². The lowest BCUT2D eigenvalue weighted by Crippen LogP contribution is -2.20. The van der Waals surface area contributed by atoms with E-state index in [2.05, 4.69) is 27.3 Å². The van der Waals surface area contributed by atoms with Crippen molar-refractivity contribution in [2.75, 3.05) is 7.05 Å². The van der Waals surface area contributed by atoms with Crippen molar-refractivity contribution in [3.63, 3.8) is 0 Å². The summed E-state index contributed by atoms with van der Waals surface area (Å²) < 4.78 is 14.8. The van der Waals surface area contributed by atoms with Gasteiger partial charge in [0, 0.05) is 10.0 Å². The molecule has 0 saturated heterocycles. The average Bonchev–Trinajstić information content (AvgIpc) is 2.62. The monoisotopic (exact) mass is 311 g/mol. The largest absolute Gasteiger partial charge is 0.310 e. The molecular weight excluding hydrogens is 293 g/mol. The van der Waals surface area contributed by atoms with Gasteiger partial charge in [0.05, 0.1) is 6.04 Å². The van der Waals surface area contributed by atoms with E-state index in [1.165, 1.54) is 30.9 Å². The van der Waals surface area contributed by atoms with E-state index in [9.17, 15) is 4.39 Å². The van der Waals surface area contributed by atoms with Crippen LogP contribution in [0.1, 0.15) is 43.7 Å². The van der Waals surface area contributed by atoms with Crippen LogP contribution in [0.5, 0.6) is 0 Å². The minimum Gasteiger partial charge on any atom is -0.310 e. The Morgan fingerprint density at radius 1 is 1.28 bits per heavy atom. The highest BCUT2D eigenvalue weighted by Crippen LogP contribution is 2.31. The highest BCUT2D eigenvalue weighted by atomic mass is 79.9. The van der Waals surface area contributed by atoms with Crippen molar-refractivity contribution in [2.45, 2.75) is 38.1 Å². The Morgan fingerprint density at radius 3 is 2.83 bits per heavy atom. The quantitative estimate of drug-likeness (QED) is 0.795. The number of halogens is 2. The number of hydrogen-bond acceptors (Lipinski definition) is 1. The van der Waals surface area contributed by atoms with Gasteiger partial charge in [0.1, 0.15) is 5.82 Å². The summed E-state index contributed by atoms with van der Waals surface area (Å²) in [5.74, 6) is -0.145. The molecule has 0 spiro atoms. The maximum atomic E-state index is 14.0. The van der Waals surface area contributed by atoms with Gasteiger partial charge in [-0.05, 0) is 44.9 Å². The van der Waals surface area contributed by atoms with Crippen LogP contribution in [0, 0.1) is 5.82 Å². The Hall–Kier alpha value is -0.670. The third kappa shape index (κ3) is 3.21. The number of benzene rings is 1. The van der Waals surface area contributed by atoms with Crippen molar-refractivity contribution < 1.29 is 4.39 Å². The van der Waals surface area contributed by atoms with Crippen LogP contribution >= 0.6 is 15.9 Å². The van der Waals surface area contributed by atoms with Gasteiger partial charge in [-0.1, -0.05) is 40.1 Å². The first-order chi connectivity index (χ1) is 8.72. The smallest absolute Gasteiger partial charge is 0.129 e. The molecule has 0 aromatic heterocycles. The van der Waals surface area contributed by atoms with Crippen LogP contribution < -0.4 is 5.32 Å². The molecule has 1 aliphatic carbocycles. The summed E-state index contributed by atoms with van der Waals surface area (Å²) in [6.07, 6.45) is 8.21. The Balaban J connectivity index is 2.29. The van der Waals surface area contributed by atoms with Crippen LogP contribution in [0.15, 0.2) is 34.3 Å². The minimum absolute atomic E-state index is 0.0104. The molecule has 1 aliphatic rings. The molecule has 1 nitrogen and oxygen atoms in total. The van der Waals surface area contributed by atoms with Crippen LogP contribution in [-0.2, 0) is 0 Å². The molecule has 1 aromatic rings. The lowest BCUT2D eigenvalue weighted by molar-refractivity contribution is 0.559. The molecule has 98 valence electrons. The third-order valence-electron chi connectivity index (χ3n) is 3.51. The highest BCUT2D eigenvalue weighted by Gasteiger charge is 2.19. The third-order valence-corrected chi connectivity index (χ3v) is 4.00. The summed E-state index contributed by atoms with van der Waals surface area (Å²) in [7, 11) is 1.90. The molecule has 0 heterocycles. The van der Waals surface area contributed by atoms with Crippen LogP contribution in [-0.4, -0.2) is 7.05 Å². The highest BCUT2D eigenvalue weighted by molar-refractivity contribution is 9.10. The average molecular weight is 312 g/mol. The van der Waals surface area contributed by atoms with Gasteiger partial charge in [0.25, 0.3) is 0 Å². The summed E-state index contributed by atoms with van der Waals surface area (Å²) in [5, 5.41) is 3.25. The number of rotatable bonds is 3. The van der Waals surface area contributed by atoms with E-state index in [4.69, 9.17) is 0 Å². The summed E-state index contributed by atoms with van der Waals surface area (Å²) >= 11 is 3.30. The van der Waals surface area contributed by atoms with Gasteiger partial charge < -0.3 is 5.32 Å². The molecule has 1 aromatic carbocycles. The van der Waals surface area contributed by atoms with Crippen molar-refractivity contribution in [1.29, 1.82) is 0 Å². The van der Waals surface area contributed by atoms with Crippen LogP contribution in [0.4, 0.5) is 4.39 Å². The fourth-order valence-corrected chi connectivity index (χ4v) is 2.91. The molecule has 2 rings (SSSR count). The second-order valence-corrected chi connectivity index (χ2v) is 5.68. The zero-order chi connectivity index (χ0) is 13.0. The summed E-state index contributed by atoms with van der Waals surface area (Å²) in [6.45, 7) is 0. The first kappa shape index (κ1) is 13.8. The molecule has 0 bridgehead atoms. The van der Waals surface area contributed by atoms with E-state index in [1.807, 2.05) is 19.2 Å². The predicted molar refractivity (Wildman–Crippen MR) is 77.1 cm³/mol. The van der Waals surface area contributed by atoms with E-state index in [-0.39, 0.29) is 11.9 Å². The van der Waals surface area contributed by atoms with E-state index < -0.39 is 0 Å². The van der Waals surface area contributed by atoms with E-state index in [1.54, 1.807) is 0 Å². The van der Waals surface area contributed by atoms with E-state index in [0.717, 1.165) is 22.9 Å². The fraction of sp³-hybridized carbons (Fsp3) is 0.467. The first-order valence-electron chi connectivity index (χ1n) is 6.53. The minimum atomic E-state index is -0.145. The molecule has 0 radical (unpaired) electrons. The summed E-state index contributed by atoms with van der Waals surface area (Å²) in [6, 6.07) is 5.32. The number of hydrogen-bond donors (Lipinski definition) is 1. The topological polar surface area (TPSA) is 12.0 Å². The molecular formula is C15H19BrFN. The lowest BCUT2D eigenvalue weighted by atomic mass is 9.95. The van der Waals surface area contributed by atoms with Gasteiger partial charge >= 0.3 is 0 Å². The van der Waals surface area contributed by atoms with Crippen molar-refractivity contribution in [3.8, 4) is 0 Å². The molecule has 1 N–H and O–H groups in total. The van der Waals surface area contributed by atoms with Crippen molar-refractivity contribution in [1.82, 2.24) is 5.32 Å². The SMILES string of the molecule is CNC(C1=CCCCCC1)c1ccc(Br)cc1F. The van der Waals surface area contributed by atoms with E-state index in [0.29, 0.717) is 0 Å². The van der Waals surface area contributed by atoms with Crippen molar-refractivity contribution >= 4 is 15.9 Å². The first-order valence-corrected chi connectivity index (χ1v) is 7.33. The van der Waals surface area contributed by atoms with Crippen molar-refractivity contribution in [2.24, 2.45) is 0 Å². The Bertz CT molecular complexity index is 442. The van der Waals surface area contributed by atoms with E-state index >= 15 is 0 Å². The number of allylic oxidation sites excluding steroid dienone is 1. The van der Waals surface area contributed by atoms with Crippen molar-refractivity contribution in [3.05, 3.63) is 45.7 Å². The summed E-state index contributed by atoms with van der Waals surface area (Å²) in [5.41, 5.74) is 2.07. The second-order valence-electron chi connectivity index (χ2n) is 4.77. The lowest BCUT2D eigenvalue weighted by Gasteiger charge is -2.21. The van der Waals surface area contributed by atoms with Gasteiger partial charge in [-0.2, -0.15) is 0 Å². The zero-order valence-corrected chi connectivity index (χ0v) is 12.3. The van der Waals surface area contributed by atoms with Gasteiger partial charge in [0.15, 0.2) is 0 Å². The molecule has 0 fully saturated rings. The molecule has 0 saturated carbocycles. The summed E-state index contributed by atoms with van der Waals surface area (Å²) in [4.78, 5) is 0. The van der Waals surface area contributed by atoms with Crippen LogP contribution in [0.2, 0.25) is 0 Å². The Labute approximate surface area is 117 Å². The normalized spacial score (nSPS) is 18.1. The van der Waals surface area contributed by atoms with Crippen LogP contribution in [0.25, 0.3) is 0 Å². The predicted octanol–water partition coefficient (Wildman–Crippen LogP) is 4.74. The van der Waals surface area contributed by atoms with Gasteiger partial charge in [-0.15, -0.1) is 0 Å². The molecule has 1 atom stereocenters. The van der Waals surface area contributed by atoms with Gasteiger partial charge in [-0.25, -0.2) is 4.39 Å². The standard InChI is InChI=1S/C15H19BrFN/c1-18-15(11-6-4-2-3-5-7-11)13-9-8-12(16)10-14(13)17/h6,8-10,15,18H,2-5,7H2,1H3. The molecule has 3 heteroatoms. The fourth-order valence-electron chi connectivity index (χ4n) is 2.58. The maximum absolute atomic E-state index is 14.0. The molecule has 18 heavy (non-hydrogen) atoms. The maximum Gasteiger partial charge on any atom is 0.129 e. The number of likely N-dealkylation sites (N-methyl/N-ethyl adjacent to an activating group) is 1. The number of nitrogens with one attached hydrogen (secondary N) is 1. The Morgan fingerprint density at radius 2 is 2.11 bits per heavy atom. The Kier molecular flexibility index (Phi) is 4.95.